The highest BCUT2D eigenvalue weighted by molar-refractivity contribution is 5.98. The van der Waals surface area contributed by atoms with E-state index in [-0.39, 0.29) is 5.84 Å². The lowest BCUT2D eigenvalue weighted by Crippen LogP contribution is -2.24. The van der Waals surface area contributed by atoms with Crippen molar-refractivity contribution in [2.24, 2.45) is 11.7 Å². The molecule has 0 amide bonds. The van der Waals surface area contributed by atoms with E-state index < -0.39 is 0 Å². The standard InChI is InChI=1S/C11H16N4/c1-8-4-6-15(7-8)9-3-2-5-14-10(9)11(12)13/h2-3,5,8H,4,6-7H2,1H3,(H3,12,13). The highest BCUT2D eigenvalue weighted by atomic mass is 15.2. The molecule has 0 spiro atoms. The minimum Gasteiger partial charge on any atom is -0.382 e. The summed E-state index contributed by atoms with van der Waals surface area (Å²) in [6, 6.07) is 3.88. The van der Waals surface area contributed by atoms with Crippen LogP contribution in [0.15, 0.2) is 18.3 Å². The van der Waals surface area contributed by atoms with Gasteiger partial charge >= 0.3 is 0 Å². The molecule has 1 saturated heterocycles. The van der Waals surface area contributed by atoms with E-state index in [1.807, 2.05) is 12.1 Å². The third kappa shape index (κ3) is 1.93. The third-order valence-corrected chi connectivity index (χ3v) is 2.81. The first-order valence-corrected chi connectivity index (χ1v) is 5.23. The zero-order chi connectivity index (χ0) is 10.8. The first-order valence-electron chi connectivity index (χ1n) is 5.23. The molecule has 15 heavy (non-hydrogen) atoms. The fourth-order valence-electron chi connectivity index (χ4n) is 2.01. The van der Waals surface area contributed by atoms with Crippen molar-refractivity contribution < 1.29 is 0 Å². The van der Waals surface area contributed by atoms with Gasteiger partial charge in [0, 0.05) is 19.3 Å². The van der Waals surface area contributed by atoms with Gasteiger partial charge in [-0.25, -0.2) is 0 Å². The van der Waals surface area contributed by atoms with E-state index in [0.717, 1.165) is 18.8 Å². The van der Waals surface area contributed by atoms with Crippen LogP contribution in [0.3, 0.4) is 0 Å². The maximum absolute atomic E-state index is 7.48. The summed E-state index contributed by atoms with van der Waals surface area (Å²) >= 11 is 0. The molecule has 1 fully saturated rings. The van der Waals surface area contributed by atoms with Gasteiger partial charge < -0.3 is 10.6 Å². The number of anilines is 1. The molecule has 1 aliphatic heterocycles. The summed E-state index contributed by atoms with van der Waals surface area (Å²) in [4.78, 5) is 6.41. The van der Waals surface area contributed by atoms with Crippen LogP contribution >= 0.6 is 0 Å². The Bertz CT molecular complexity index is 375. The Balaban J connectivity index is 2.31. The highest BCUT2D eigenvalue weighted by Crippen LogP contribution is 2.25. The van der Waals surface area contributed by atoms with Crippen molar-refractivity contribution in [1.82, 2.24) is 4.98 Å². The van der Waals surface area contributed by atoms with Gasteiger partial charge in [-0.1, -0.05) is 6.92 Å². The molecule has 0 saturated carbocycles. The number of hydrogen-bond acceptors (Lipinski definition) is 3. The Hall–Kier alpha value is -1.58. The van der Waals surface area contributed by atoms with Gasteiger partial charge in [-0.05, 0) is 24.5 Å². The maximum atomic E-state index is 7.48. The molecule has 0 radical (unpaired) electrons. The summed E-state index contributed by atoms with van der Waals surface area (Å²) in [7, 11) is 0. The first-order chi connectivity index (χ1) is 7.18. The highest BCUT2D eigenvalue weighted by Gasteiger charge is 2.21. The molecule has 0 aliphatic carbocycles. The minimum absolute atomic E-state index is 0.0464. The number of nitrogens with zero attached hydrogens (tertiary/aromatic N) is 2. The van der Waals surface area contributed by atoms with E-state index in [9.17, 15) is 0 Å². The van der Waals surface area contributed by atoms with E-state index >= 15 is 0 Å². The second-order valence-electron chi connectivity index (χ2n) is 4.12. The van der Waals surface area contributed by atoms with E-state index in [1.54, 1.807) is 6.20 Å². The van der Waals surface area contributed by atoms with Crippen molar-refractivity contribution in [3.63, 3.8) is 0 Å². The van der Waals surface area contributed by atoms with Crippen LogP contribution in [0.25, 0.3) is 0 Å². The molecule has 0 aromatic carbocycles. The van der Waals surface area contributed by atoms with E-state index in [1.165, 1.54) is 6.42 Å². The molecule has 4 nitrogen and oxygen atoms in total. The Morgan fingerprint density at radius 1 is 1.67 bits per heavy atom. The lowest BCUT2D eigenvalue weighted by molar-refractivity contribution is 0.659. The van der Waals surface area contributed by atoms with Crippen molar-refractivity contribution in [1.29, 1.82) is 5.41 Å². The molecule has 1 aromatic heterocycles. The predicted molar refractivity (Wildman–Crippen MR) is 61.2 cm³/mol. The average Bonchev–Trinajstić information content (AvgIpc) is 2.65. The van der Waals surface area contributed by atoms with Gasteiger partial charge in [0.05, 0.1) is 5.69 Å². The van der Waals surface area contributed by atoms with Crippen molar-refractivity contribution in [2.45, 2.75) is 13.3 Å². The van der Waals surface area contributed by atoms with Crippen molar-refractivity contribution in [3.05, 3.63) is 24.0 Å². The van der Waals surface area contributed by atoms with E-state index in [4.69, 9.17) is 11.1 Å². The number of nitrogen functional groups attached to an aromatic ring is 1. The van der Waals surface area contributed by atoms with Gasteiger partial charge in [0.2, 0.25) is 0 Å². The van der Waals surface area contributed by atoms with Crippen LogP contribution in [-0.2, 0) is 0 Å². The molecule has 0 bridgehead atoms. The summed E-state index contributed by atoms with van der Waals surface area (Å²) in [5.41, 5.74) is 7.11. The Labute approximate surface area is 89.6 Å². The smallest absolute Gasteiger partial charge is 0.143 e. The number of nitrogens with two attached hydrogens (primary N) is 1. The second kappa shape index (κ2) is 3.88. The molecule has 1 unspecified atom stereocenters. The first kappa shape index (κ1) is 9.96. The predicted octanol–water partition coefficient (Wildman–Crippen LogP) is 1.21. The fraction of sp³-hybridized carbons (Fsp3) is 0.455. The number of hydrogen-bond donors (Lipinski definition) is 2. The normalized spacial score (nSPS) is 20.6. The Kier molecular flexibility index (Phi) is 2.58. The second-order valence-corrected chi connectivity index (χ2v) is 4.12. The van der Waals surface area contributed by atoms with Gasteiger partial charge in [0.15, 0.2) is 0 Å². The number of nitrogens with one attached hydrogen (secondary N) is 1. The molecule has 2 rings (SSSR count). The fourth-order valence-corrected chi connectivity index (χ4v) is 2.01. The van der Waals surface area contributed by atoms with Crippen LogP contribution < -0.4 is 10.6 Å². The topological polar surface area (TPSA) is 66.0 Å². The summed E-state index contributed by atoms with van der Waals surface area (Å²) < 4.78 is 0. The zero-order valence-electron chi connectivity index (χ0n) is 8.90. The monoisotopic (exact) mass is 204 g/mol. The molecule has 1 aromatic rings. The molecular weight excluding hydrogens is 188 g/mol. The van der Waals surface area contributed by atoms with E-state index in [2.05, 4.69) is 16.8 Å². The lowest BCUT2D eigenvalue weighted by Gasteiger charge is -2.20. The summed E-state index contributed by atoms with van der Waals surface area (Å²) in [5.74, 6) is 0.759. The van der Waals surface area contributed by atoms with Gasteiger partial charge in [-0.3, -0.25) is 10.4 Å². The van der Waals surface area contributed by atoms with Crippen LogP contribution in [0.4, 0.5) is 5.69 Å². The summed E-state index contributed by atoms with van der Waals surface area (Å²) in [6.07, 6.45) is 2.88. The number of amidine groups is 1. The Morgan fingerprint density at radius 3 is 3.07 bits per heavy atom. The summed E-state index contributed by atoms with van der Waals surface area (Å²) in [6.45, 7) is 4.31. The van der Waals surface area contributed by atoms with Crippen LogP contribution in [0, 0.1) is 11.3 Å². The van der Waals surface area contributed by atoms with Gasteiger partial charge in [-0.2, -0.15) is 0 Å². The molecule has 2 heterocycles. The van der Waals surface area contributed by atoms with Crippen molar-refractivity contribution in [2.75, 3.05) is 18.0 Å². The van der Waals surface area contributed by atoms with Crippen molar-refractivity contribution in [3.8, 4) is 0 Å². The SMILES string of the molecule is CC1CCN(c2cccnc2C(=N)N)C1. The van der Waals surface area contributed by atoms with Crippen LogP contribution in [0.1, 0.15) is 19.0 Å². The largest absolute Gasteiger partial charge is 0.382 e. The maximum Gasteiger partial charge on any atom is 0.143 e. The average molecular weight is 204 g/mol. The quantitative estimate of drug-likeness (QED) is 0.562. The molecule has 4 heteroatoms. The zero-order valence-corrected chi connectivity index (χ0v) is 8.90. The third-order valence-electron chi connectivity index (χ3n) is 2.81. The summed E-state index contributed by atoms with van der Waals surface area (Å²) in [5, 5.41) is 7.48. The molecule has 80 valence electrons. The van der Waals surface area contributed by atoms with Gasteiger partial charge in [-0.15, -0.1) is 0 Å². The van der Waals surface area contributed by atoms with Gasteiger partial charge in [0.1, 0.15) is 11.5 Å². The molecule has 1 aliphatic rings. The van der Waals surface area contributed by atoms with Crippen LogP contribution in [0.5, 0.6) is 0 Å². The van der Waals surface area contributed by atoms with E-state index in [0.29, 0.717) is 11.6 Å². The molecule has 3 N–H and O–H groups in total. The minimum atomic E-state index is 0.0464. The van der Waals surface area contributed by atoms with Crippen LogP contribution in [-0.4, -0.2) is 23.9 Å². The van der Waals surface area contributed by atoms with Gasteiger partial charge in [0.25, 0.3) is 0 Å². The number of rotatable bonds is 2. The molecular formula is C11H16N4. The number of pyridine rings is 1. The lowest BCUT2D eigenvalue weighted by atomic mass is 10.2. The van der Waals surface area contributed by atoms with Crippen molar-refractivity contribution >= 4 is 11.5 Å². The van der Waals surface area contributed by atoms with Crippen LogP contribution in [0.2, 0.25) is 0 Å². The Morgan fingerprint density at radius 2 is 2.47 bits per heavy atom. The molecule has 1 atom stereocenters. The number of aromatic nitrogens is 1.